The molecule has 0 spiro atoms. The summed E-state index contributed by atoms with van der Waals surface area (Å²) in [6.45, 7) is 1.98. The third-order valence-corrected chi connectivity index (χ3v) is 2.44. The summed E-state index contributed by atoms with van der Waals surface area (Å²) in [6, 6.07) is 7.71. The Hall–Kier alpha value is -1.66. The fraction of sp³-hybridized carbons (Fsp3) is 0.385. The average Bonchev–Trinajstić information content (AvgIpc) is 2.29. The standard InChI is InChI=1S/C13H15NO2/c1-3-8-14(2)9-11-10-15-12-6-4-5-7-13(12)16-11/h1,4-7,11H,8-10H2,2H3. The molecule has 0 radical (unpaired) electrons. The molecule has 0 saturated carbocycles. The minimum atomic E-state index is 0.0493. The number of benzene rings is 1. The zero-order valence-corrected chi connectivity index (χ0v) is 9.35. The van der Waals surface area contributed by atoms with Crippen molar-refractivity contribution in [3.8, 4) is 23.8 Å². The van der Waals surface area contributed by atoms with Crippen molar-refractivity contribution in [1.29, 1.82) is 0 Å². The van der Waals surface area contributed by atoms with Gasteiger partial charge in [-0.05, 0) is 19.2 Å². The molecule has 3 heteroatoms. The Morgan fingerprint density at radius 3 is 2.94 bits per heavy atom. The van der Waals surface area contributed by atoms with E-state index in [1.54, 1.807) is 0 Å². The van der Waals surface area contributed by atoms with Crippen LogP contribution in [0.5, 0.6) is 11.5 Å². The van der Waals surface area contributed by atoms with Crippen LogP contribution in [0.4, 0.5) is 0 Å². The van der Waals surface area contributed by atoms with Crippen LogP contribution in [0.3, 0.4) is 0 Å². The molecule has 1 aliphatic heterocycles. The van der Waals surface area contributed by atoms with Crippen LogP contribution in [0.15, 0.2) is 24.3 Å². The fourth-order valence-electron chi connectivity index (χ4n) is 1.72. The first-order chi connectivity index (χ1) is 7.79. The first-order valence-electron chi connectivity index (χ1n) is 5.30. The number of terminal acetylenes is 1. The lowest BCUT2D eigenvalue weighted by molar-refractivity contribution is 0.0685. The Labute approximate surface area is 96.0 Å². The van der Waals surface area contributed by atoms with Gasteiger partial charge < -0.3 is 9.47 Å². The molecule has 2 rings (SSSR count). The minimum Gasteiger partial charge on any atom is -0.486 e. The van der Waals surface area contributed by atoms with E-state index in [1.165, 1.54) is 0 Å². The van der Waals surface area contributed by atoms with E-state index >= 15 is 0 Å². The molecule has 0 N–H and O–H groups in total. The zero-order chi connectivity index (χ0) is 11.4. The van der Waals surface area contributed by atoms with E-state index in [-0.39, 0.29) is 6.10 Å². The molecule has 1 aromatic carbocycles. The number of rotatable bonds is 3. The van der Waals surface area contributed by atoms with Crippen LogP contribution in [0.2, 0.25) is 0 Å². The first kappa shape index (κ1) is 10.8. The van der Waals surface area contributed by atoms with E-state index in [2.05, 4.69) is 5.92 Å². The monoisotopic (exact) mass is 217 g/mol. The van der Waals surface area contributed by atoms with E-state index < -0.39 is 0 Å². The molecule has 84 valence electrons. The molecular weight excluding hydrogens is 202 g/mol. The van der Waals surface area contributed by atoms with Crippen molar-refractivity contribution in [2.45, 2.75) is 6.10 Å². The predicted octanol–water partition coefficient (Wildman–Crippen LogP) is 1.39. The van der Waals surface area contributed by atoms with Crippen molar-refractivity contribution < 1.29 is 9.47 Å². The SMILES string of the molecule is C#CCN(C)CC1COc2ccccc2O1. The van der Waals surface area contributed by atoms with Gasteiger partial charge >= 0.3 is 0 Å². The maximum atomic E-state index is 5.81. The van der Waals surface area contributed by atoms with Crippen molar-refractivity contribution in [2.75, 3.05) is 26.7 Å². The van der Waals surface area contributed by atoms with Gasteiger partial charge in [-0.3, -0.25) is 4.90 Å². The first-order valence-corrected chi connectivity index (χ1v) is 5.30. The highest BCUT2D eigenvalue weighted by Crippen LogP contribution is 2.30. The number of para-hydroxylation sites is 2. The Morgan fingerprint density at radius 1 is 1.44 bits per heavy atom. The lowest BCUT2D eigenvalue weighted by atomic mass is 10.2. The molecule has 0 amide bonds. The van der Waals surface area contributed by atoms with Crippen molar-refractivity contribution in [3.63, 3.8) is 0 Å². The third kappa shape index (κ3) is 2.47. The second-order valence-corrected chi connectivity index (χ2v) is 3.90. The zero-order valence-electron chi connectivity index (χ0n) is 9.35. The Bertz CT molecular complexity index is 397. The van der Waals surface area contributed by atoms with Crippen LogP contribution in [0.25, 0.3) is 0 Å². The summed E-state index contributed by atoms with van der Waals surface area (Å²) in [5.41, 5.74) is 0. The van der Waals surface area contributed by atoms with Crippen molar-refractivity contribution in [2.24, 2.45) is 0 Å². The second-order valence-electron chi connectivity index (χ2n) is 3.90. The number of fused-ring (bicyclic) bond motifs is 1. The van der Waals surface area contributed by atoms with Gasteiger partial charge in [-0.2, -0.15) is 0 Å². The quantitative estimate of drug-likeness (QED) is 0.714. The highest BCUT2D eigenvalue weighted by molar-refractivity contribution is 5.40. The van der Waals surface area contributed by atoms with E-state index in [9.17, 15) is 0 Å². The van der Waals surface area contributed by atoms with Crippen LogP contribution in [-0.4, -0.2) is 37.7 Å². The van der Waals surface area contributed by atoms with Crippen molar-refractivity contribution >= 4 is 0 Å². The third-order valence-electron chi connectivity index (χ3n) is 2.44. The molecule has 3 nitrogen and oxygen atoms in total. The smallest absolute Gasteiger partial charge is 0.161 e. The number of likely N-dealkylation sites (N-methyl/N-ethyl adjacent to an activating group) is 1. The molecule has 1 aliphatic rings. The van der Waals surface area contributed by atoms with E-state index in [0.29, 0.717) is 13.2 Å². The summed E-state index contributed by atoms with van der Waals surface area (Å²) >= 11 is 0. The van der Waals surface area contributed by atoms with Crippen LogP contribution in [0, 0.1) is 12.3 Å². The summed E-state index contributed by atoms with van der Waals surface area (Å²) in [5.74, 6) is 4.24. The van der Waals surface area contributed by atoms with Gasteiger partial charge in [0.15, 0.2) is 11.5 Å². The van der Waals surface area contributed by atoms with Gasteiger partial charge in [0.25, 0.3) is 0 Å². The molecular formula is C13H15NO2. The summed E-state index contributed by atoms with van der Waals surface area (Å²) in [7, 11) is 1.98. The number of nitrogens with zero attached hydrogens (tertiary/aromatic N) is 1. The lowest BCUT2D eigenvalue weighted by Gasteiger charge is -2.28. The Kier molecular flexibility index (Phi) is 3.33. The molecule has 1 heterocycles. The highest BCUT2D eigenvalue weighted by atomic mass is 16.6. The topological polar surface area (TPSA) is 21.7 Å². The Balaban J connectivity index is 1.95. The van der Waals surface area contributed by atoms with Crippen molar-refractivity contribution in [1.82, 2.24) is 4.90 Å². The van der Waals surface area contributed by atoms with Crippen LogP contribution in [-0.2, 0) is 0 Å². The number of hydrogen-bond acceptors (Lipinski definition) is 3. The maximum Gasteiger partial charge on any atom is 0.161 e. The minimum absolute atomic E-state index is 0.0493. The summed E-state index contributed by atoms with van der Waals surface area (Å²) in [5, 5.41) is 0. The predicted molar refractivity (Wildman–Crippen MR) is 62.7 cm³/mol. The molecule has 0 bridgehead atoms. The van der Waals surface area contributed by atoms with Crippen LogP contribution in [0.1, 0.15) is 0 Å². The molecule has 16 heavy (non-hydrogen) atoms. The molecule has 0 aliphatic carbocycles. The largest absolute Gasteiger partial charge is 0.486 e. The molecule has 0 aromatic heterocycles. The van der Waals surface area contributed by atoms with Gasteiger partial charge in [-0.15, -0.1) is 6.42 Å². The summed E-state index contributed by atoms with van der Waals surface area (Å²) in [4.78, 5) is 2.04. The lowest BCUT2D eigenvalue weighted by Crippen LogP contribution is -2.39. The van der Waals surface area contributed by atoms with Crippen LogP contribution >= 0.6 is 0 Å². The fourth-order valence-corrected chi connectivity index (χ4v) is 1.72. The number of hydrogen-bond donors (Lipinski definition) is 0. The summed E-state index contributed by atoms with van der Waals surface area (Å²) < 4.78 is 11.4. The van der Waals surface area contributed by atoms with Gasteiger partial charge in [0.05, 0.1) is 6.54 Å². The molecule has 1 unspecified atom stereocenters. The van der Waals surface area contributed by atoms with Crippen molar-refractivity contribution in [3.05, 3.63) is 24.3 Å². The molecule has 1 aromatic rings. The van der Waals surface area contributed by atoms with Gasteiger partial charge in [-0.25, -0.2) is 0 Å². The highest BCUT2D eigenvalue weighted by Gasteiger charge is 2.21. The molecule has 0 saturated heterocycles. The molecule has 1 atom stereocenters. The normalized spacial score (nSPS) is 18.2. The van der Waals surface area contributed by atoms with E-state index in [1.807, 2.05) is 36.2 Å². The van der Waals surface area contributed by atoms with Gasteiger partial charge in [-0.1, -0.05) is 18.1 Å². The van der Waals surface area contributed by atoms with E-state index in [4.69, 9.17) is 15.9 Å². The van der Waals surface area contributed by atoms with Gasteiger partial charge in [0.1, 0.15) is 12.7 Å². The van der Waals surface area contributed by atoms with Gasteiger partial charge in [0, 0.05) is 6.54 Å². The second kappa shape index (κ2) is 4.91. The van der Waals surface area contributed by atoms with Crippen LogP contribution < -0.4 is 9.47 Å². The molecule has 0 fully saturated rings. The summed E-state index contributed by atoms with van der Waals surface area (Å²) in [6.07, 6.45) is 5.30. The Morgan fingerprint density at radius 2 is 2.19 bits per heavy atom. The van der Waals surface area contributed by atoms with Gasteiger partial charge in [0.2, 0.25) is 0 Å². The maximum absolute atomic E-state index is 5.81. The van der Waals surface area contributed by atoms with E-state index in [0.717, 1.165) is 18.0 Å². The number of ether oxygens (including phenoxy) is 2. The average molecular weight is 217 g/mol.